The van der Waals surface area contributed by atoms with Crippen molar-refractivity contribution in [1.29, 1.82) is 0 Å². The molecule has 1 N–H and O–H groups in total. The van der Waals surface area contributed by atoms with Crippen LogP contribution in [-0.4, -0.2) is 30.4 Å². The van der Waals surface area contributed by atoms with E-state index in [9.17, 15) is 19.7 Å². The number of benzene rings is 2. The van der Waals surface area contributed by atoms with Gasteiger partial charge in [-0.2, -0.15) is 10.2 Å². The van der Waals surface area contributed by atoms with Crippen molar-refractivity contribution >= 4 is 17.4 Å². The summed E-state index contributed by atoms with van der Waals surface area (Å²) >= 11 is 0. The highest BCUT2D eigenvalue weighted by molar-refractivity contribution is 5.90. The van der Waals surface area contributed by atoms with E-state index in [1.54, 1.807) is 19.1 Å². The number of hydrogen-bond acceptors (Lipinski definition) is 6. The first-order valence-corrected chi connectivity index (χ1v) is 9.65. The zero-order valence-electron chi connectivity index (χ0n) is 17.0. The number of carbonyl (C=O) groups is 1. The monoisotopic (exact) mass is 430 g/mol. The van der Waals surface area contributed by atoms with Crippen LogP contribution < -0.4 is 10.9 Å². The van der Waals surface area contributed by atoms with Gasteiger partial charge in [-0.1, -0.05) is 30.3 Å². The topological polar surface area (TPSA) is 125 Å². The van der Waals surface area contributed by atoms with E-state index >= 15 is 0 Å². The Balaban J connectivity index is 1.56. The first-order valence-electron chi connectivity index (χ1n) is 9.65. The summed E-state index contributed by atoms with van der Waals surface area (Å²) in [7, 11) is 0. The molecule has 0 bridgehead atoms. The molecule has 4 aromatic rings. The maximum absolute atomic E-state index is 12.7. The Morgan fingerprint density at radius 3 is 2.44 bits per heavy atom. The smallest absolute Gasteiger partial charge is 0.269 e. The molecule has 10 heteroatoms. The lowest BCUT2D eigenvalue weighted by atomic mass is 10.1. The zero-order chi connectivity index (χ0) is 22.7. The normalized spacial score (nSPS) is 10.7. The number of anilines is 1. The number of nitro benzene ring substituents is 1. The molecule has 2 heterocycles. The van der Waals surface area contributed by atoms with Gasteiger partial charge in [0.2, 0.25) is 5.91 Å². The summed E-state index contributed by atoms with van der Waals surface area (Å²) in [5.74, 6) is -0.0958. The van der Waals surface area contributed by atoms with Crippen LogP contribution in [0.2, 0.25) is 0 Å². The van der Waals surface area contributed by atoms with Crippen molar-refractivity contribution in [3.8, 4) is 16.9 Å². The van der Waals surface area contributed by atoms with E-state index in [0.717, 1.165) is 10.2 Å². The summed E-state index contributed by atoms with van der Waals surface area (Å²) in [6.07, 6.45) is 0. The Labute approximate surface area is 181 Å². The van der Waals surface area contributed by atoms with E-state index in [2.05, 4.69) is 15.5 Å². The number of nitro groups is 1. The standard InChI is InChI=1S/C22H18N6O4/c1-15-13-20(27(24-15)17-7-9-18(10-8-17)28(31)32)23-21(29)14-26-22(30)12-11-19(25-26)16-5-3-2-4-6-16/h2-13H,14H2,1H3,(H,23,29). The Morgan fingerprint density at radius 2 is 1.75 bits per heavy atom. The van der Waals surface area contributed by atoms with E-state index in [-0.39, 0.29) is 12.2 Å². The van der Waals surface area contributed by atoms with Gasteiger partial charge in [-0.05, 0) is 25.1 Å². The van der Waals surface area contributed by atoms with Gasteiger partial charge in [-0.15, -0.1) is 0 Å². The molecule has 0 saturated carbocycles. The number of nitrogens with one attached hydrogen (secondary N) is 1. The lowest BCUT2D eigenvalue weighted by molar-refractivity contribution is -0.384. The summed E-state index contributed by atoms with van der Waals surface area (Å²) in [5, 5.41) is 22.2. The van der Waals surface area contributed by atoms with Crippen molar-refractivity contribution in [2.75, 3.05) is 5.32 Å². The molecule has 0 aliphatic heterocycles. The lowest BCUT2D eigenvalue weighted by Crippen LogP contribution is -2.29. The minimum Gasteiger partial charge on any atom is -0.309 e. The zero-order valence-corrected chi connectivity index (χ0v) is 17.0. The molecule has 32 heavy (non-hydrogen) atoms. The van der Waals surface area contributed by atoms with E-state index in [4.69, 9.17) is 0 Å². The Bertz CT molecular complexity index is 1340. The Morgan fingerprint density at radius 1 is 1.03 bits per heavy atom. The molecular weight excluding hydrogens is 412 g/mol. The molecule has 0 radical (unpaired) electrons. The Hall–Kier alpha value is -4.60. The van der Waals surface area contributed by atoms with Crippen LogP contribution in [0, 0.1) is 17.0 Å². The van der Waals surface area contributed by atoms with Gasteiger partial charge < -0.3 is 5.32 Å². The van der Waals surface area contributed by atoms with Gasteiger partial charge in [0.05, 0.1) is 22.0 Å². The minimum atomic E-state index is -0.491. The summed E-state index contributed by atoms with van der Waals surface area (Å²) < 4.78 is 2.56. The van der Waals surface area contributed by atoms with Crippen molar-refractivity contribution in [2.24, 2.45) is 0 Å². The molecule has 0 spiro atoms. The van der Waals surface area contributed by atoms with Crippen molar-refractivity contribution in [1.82, 2.24) is 19.6 Å². The van der Waals surface area contributed by atoms with Crippen molar-refractivity contribution in [3.63, 3.8) is 0 Å². The summed E-state index contributed by atoms with van der Waals surface area (Å²) in [4.78, 5) is 35.3. The number of aromatic nitrogens is 4. The van der Waals surface area contributed by atoms with Crippen molar-refractivity contribution in [2.45, 2.75) is 13.5 Å². The second-order valence-electron chi connectivity index (χ2n) is 6.98. The molecule has 0 unspecified atom stereocenters. The molecule has 0 aliphatic rings. The summed E-state index contributed by atoms with van der Waals surface area (Å²) in [6, 6.07) is 19.8. The average molecular weight is 430 g/mol. The molecule has 1 amide bonds. The van der Waals surface area contributed by atoms with Gasteiger partial charge >= 0.3 is 0 Å². The first kappa shape index (κ1) is 20.7. The number of nitrogens with zero attached hydrogens (tertiary/aromatic N) is 5. The molecule has 2 aromatic heterocycles. The second kappa shape index (κ2) is 8.64. The number of amides is 1. The molecule has 0 saturated heterocycles. The fraction of sp³-hybridized carbons (Fsp3) is 0.0909. The van der Waals surface area contributed by atoms with Crippen LogP contribution in [0.1, 0.15) is 5.69 Å². The van der Waals surface area contributed by atoms with Crippen LogP contribution in [0.3, 0.4) is 0 Å². The summed E-state index contributed by atoms with van der Waals surface area (Å²) in [6.45, 7) is 1.47. The fourth-order valence-corrected chi connectivity index (χ4v) is 3.14. The van der Waals surface area contributed by atoms with Crippen LogP contribution in [-0.2, 0) is 11.3 Å². The lowest BCUT2D eigenvalue weighted by Gasteiger charge is -2.10. The molecule has 0 fully saturated rings. The Kier molecular flexibility index (Phi) is 5.58. The van der Waals surface area contributed by atoms with Crippen LogP contribution >= 0.6 is 0 Å². The van der Waals surface area contributed by atoms with Gasteiger partial charge in [-0.25, -0.2) is 9.36 Å². The summed E-state index contributed by atoms with van der Waals surface area (Å²) in [5.41, 5.74) is 2.13. The van der Waals surface area contributed by atoms with Crippen molar-refractivity contribution in [3.05, 3.63) is 99.0 Å². The number of non-ortho nitro benzene ring substituents is 1. The first-order chi connectivity index (χ1) is 15.4. The molecular formula is C22H18N6O4. The molecule has 4 rings (SSSR count). The van der Waals surface area contributed by atoms with Gasteiger partial charge in [0.15, 0.2) is 0 Å². The molecule has 10 nitrogen and oxygen atoms in total. The second-order valence-corrected chi connectivity index (χ2v) is 6.98. The number of carbonyl (C=O) groups excluding carboxylic acids is 1. The third kappa shape index (κ3) is 4.43. The SMILES string of the molecule is Cc1cc(NC(=O)Cn2nc(-c3ccccc3)ccc2=O)n(-c2ccc([N+](=O)[O-])cc2)n1. The van der Waals surface area contributed by atoms with Crippen LogP contribution in [0.15, 0.2) is 77.6 Å². The molecule has 160 valence electrons. The van der Waals surface area contributed by atoms with E-state index in [0.29, 0.717) is 22.9 Å². The predicted molar refractivity (Wildman–Crippen MR) is 118 cm³/mol. The third-order valence-corrected chi connectivity index (χ3v) is 4.63. The minimum absolute atomic E-state index is 0.0491. The average Bonchev–Trinajstić information content (AvgIpc) is 3.15. The van der Waals surface area contributed by atoms with Gasteiger partial charge in [-0.3, -0.25) is 19.7 Å². The predicted octanol–water partition coefficient (Wildman–Crippen LogP) is 2.95. The maximum atomic E-state index is 12.7. The number of hydrogen-bond donors (Lipinski definition) is 1. The molecule has 2 aromatic carbocycles. The van der Waals surface area contributed by atoms with Crippen molar-refractivity contribution < 1.29 is 9.72 Å². The quantitative estimate of drug-likeness (QED) is 0.370. The molecule has 0 aliphatic carbocycles. The van der Waals surface area contributed by atoms with Crippen LogP contribution in [0.4, 0.5) is 11.5 Å². The van der Waals surface area contributed by atoms with Gasteiger partial charge in [0.1, 0.15) is 12.4 Å². The van der Waals surface area contributed by atoms with E-state index in [1.807, 2.05) is 30.3 Å². The van der Waals surface area contributed by atoms with Gasteiger partial charge in [0.25, 0.3) is 11.2 Å². The van der Waals surface area contributed by atoms with Crippen LogP contribution in [0.5, 0.6) is 0 Å². The van der Waals surface area contributed by atoms with Gasteiger partial charge in [0, 0.05) is 29.8 Å². The number of rotatable bonds is 6. The highest BCUT2D eigenvalue weighted by Crippen LogP contribution is 2.20. The van der Waals surface area contributed by atoms with Crippen LogP contribution in [0.25, 0.3) is 16.9 Å². The highest BCUT2D eigenvalue weighted by Gasteiger charge is 2.14. The largest absolute Gasteiger partial charge is 0.309 e. The van der Waals surface area contributed by atoms with E-state index < -0.39 is 16.4 Å². The highest BCUT2D eigenvalue weighted by atomic mass is 16.6. The fourth-order valence-electron chi connectivity index (χ4n) is 3.14. The molecule has 0 atom stereocenters. The maximum Gasteiger partial charge on any atom is 0.269 e. The van der Waals surface area contributed by atoms with E-state index in [1.165, 1.54) is 35.0 Å². The number of aryl methyl sites for hydroxylation is 1. The third-order valence-electron chi connectivity index (χ3n) is 4.63.